The number of carbonyl (C=O) groups excluding carboxylic acids is 1. The first kappa shape index (κ1) is 14.5. The Bertz CT molecular complexity index is 718. The number of benzene rings is 1. The number of ether oxygens (including phenoxy) is 2. The Morgan fingerprint density at radius 1 is 1.22 bits per heavy atom. The number of hydrogen-bond acceptors (Lipinski definition) is 3. The van der Waals surface area contributed by atoms with E-state index in [4.69, 9.17) is 9.47 Å². The van der Waals surface area contributed by atoms with E-state index in [1.54, 1.807) is 7.11 Å². The number of rotatable bonds is 2. The molecule has 4 bridgehead atoms. The summed E-state index contributed by atoms with van der Waals surface area (Å²) < 4.78 is 11.8. The molecule has 0 spiro atoms. The van der Waals surface area contributed by atoms with Gasteiger partial charge in [-0.3, -0.25) is 4.79 Å². The van der Waals surface area contributed by atoms with E-state index < -0.39 is 11.2 Å². The lowest BCUT2D eigenvalue weighted by Crippen LogP contribution is -2.46. The average molecular weight is 308 g/mol. The van der Waals surface area contributed by atoms with Gasteiger partial charge in [0.2, 0.25) is 5.79 Å². The molecule has 1 aromatic rings. The molecular weight excluding hydrogens is 288 g/mol. The molecule has 4 unspecified atom stereocenters. The summed E-state index contributed by atoms with van der Waals surface area (Å²) in [5.74, 6) is -1.34. The van der Waals surface area contributed by atoms with Gasteiger partial charge in [-0.1, -0.05) is 66.8 Å². The summed E-state index contributed by atoms with van der Waals surface area (Å²) in [6, 6.07) is 9.91. The number of hydrogen-bond donors (Lipinski definition) is 0. The minimum absolute atomic E-state index is 0.0166. The molecule has 1 heterocycles. The van der Waals surface area contributed by atoms with E-state index in [0.29, 0.717) is 6.42 Å². The van der Waals surface area contributed by atoms with Crippen molar-refractivity contribution in [2.75, 3.05) is 7.11 Å². The van der Waals surface area contributed by atoms with Crippen molar-refractivity contribution >= 4 is 5.97 Å². The molecule has 1 aliphatic heterocycles. The Balaban J connectivity index is 2.00. The lowest BCUT2D eigenvalue weighted by Gasteiger charge is -2.36. The summed E-state index contributed by atoms with van der Waals surface area (Å²) in [7, 11) is 1.63. The van der Waals surface area contributed by atoms with Crippen molar-refractivity contribution in [3.8, 4) is 0 Å². The summed E-state index contributed by atoms with van der Waals surface area (Å²) in [5, 5.41) is 0. The quantitative estimate of drug-likeness (QED) is 0.619. The summed E-state index contributed by atoms with van der Waals surface area (Å²) in [6.45, 7) is 4.23. The number of carbonyl (C=O) groups is 1. The zero-order valence-corrected chi connectivity index (χ0v) is 13.2. The van der Waals surface area contributed by atoms with Crippen molar-refractivity contribution in [2.45, 2.75) is 24.0 Å². The molecule has 3 heteroatoms. The molecule has 3 nitrogen and oxygen atoms in total. The fraction of sp³-hybridized carbons (Fsp3) is 0.350. The minimum atomic E-state index is -0.949. The second-order valence-corrected chi connectivity index (χ2v) is 6.64. The number of methoxy groups -OCH3 is 1. The Morgan fingerprint density at radius 3 is 2.70 bits per heavy atom. The summed E-state index contributed by atoms with van der Waals surface area (Å²) in [6.07, 6.45) is 9.53. The van der Waals surface area contributed by atoms with Crippen LogP contribution in [0.1, 0.15) is 18.4 Å². The summed E-state index contributed by atoms with van der Waals surface area (Å²) in [4.78, 5) is 13.1. The van der Waals surface area contributed by atoms with Gasteiger partial charge in [-0.25, -0.2) is 0 Å². The Kier molecular flexibility index (Phi) is 3.10. The van der Waals surface area contributed by atoms with Gasteiger partial charge >= 0.3 is 5.97 Å². The number of esters is 1. The van der Waals surface area contributed by atoms with Crippen LogP contribution in [-0.4, -0.2) is 18.9 Å². The van der Waals surface area contributed by atoms with E-state index in [1.165, 1.54) is 0 Å². The van der Waals surface area contributed by atoms with Gasteiger partial charge in [0.25, 0.3) is 0 Å². The standard InChI is InChI=1S/C20H20O3/c1-14-12-16-10-6-7-11-17-19(13-14,15-8-4-3-5-9-15)18(21)23-20(16,17)22-2/h3-11,16-17H,1,12-13H2,2H3. The molecule has 1 aromatic carbocycles. The van der Waals surface area contributed by atoms with Crippen molar-refractivity contribution in [1.82, 2.24) is 0 Å². The molecule has 2 aliphatic carbocycles. The lowest BCUT2D eigenvalue weighted by atomic mass is 9.66. The summed E-state index contributed by atoms with van der Waals surface area (Å²) in [5.41, 5.74) is 1.28. The topological polar surface area (TPSA) is 35.5 Å². The van der Waals surface area contributed by atoms with E-state index in [-0.39, 0.29) is 17.8 Å². The molecule has 4 rings (SSSR count). The first-order valence-electron chi connectivity index (χ1n) is 7.99. The molecule has 0 radical (unpaired) electrons. The Hall–Kier alpha value is -2.13. The van der Waals surface area contributed by atoms with Crippen LogP contribution in [-0.2, 0) is 19.7 Å². The molecule has 3 aliphatic rings. The van der Waals surface area contributed by atoms with Crippen molar-refractivity contribution in [3.63, 3.8) is 0 Å². The molecule has 0 amide bonds. The average Bonchev–Trinajstić information content (AvgIpc) is 2.67. The highest BCUT2D eigenvalue weighted by molar-refractivity contribution is 5.88. The fourth-order valence-electron chi connectivity index (χ4n) is 4.51. The fourth-order valence-corrected chi connectivity index (χ4v) is 4.51. The van der Waals surface area contributed by atoms with Crippen molar-refractivity contribution in [3.05, 3.63) is 72.4 Å². The highest BCUT2D eigenvalue weighted by atomic mass is 16.7. The zero-order valence-electron chi connectivity index (χ0n) is 13.2. The van der Waals surface area contributed by atoms with Gasteiger partial charge in [0.1, 0.15) is 5.41 Å². The van der Waals surface area contributed by atoms with Crippen LogP contribution in [0.4, 0.5) is 0 Å². The second kappa shape index (κ2) is 4.93. The van der Waals surface area contributed by atoms with Crippen LogP contribution in [0.2, 0.25) is 0 Å². The maximum Gasteiger partial charge on any atom is 0.320 e. The molecule has 2 fully saturated rings. The number of allylic oxidation sites excluding steroid dienone is 3. The van der Waals surface area contributed by atoms with Gasteiger partial charge < -0.3 is 9.47 Å². The maximum absolute atomic E-state index is 13.1. The van der Waals surface area contributed by atoms with E-state index >= 15 is 0 Å². The summed E-state index contributed by atoms with van der Waals surface area (Å²) >= 11 is 0. The predicted octanol–water partition coefficient (Wildman–Crippen LogP) is 3.53. The van der Waals surface area contributed by atoms with Gasteiger partial charge in [0.15, 0.2) is 0 Å². The third-order valence-corrected chi connectivity index (χ3v) is 5.50. The van der Waals surface area contributed by atoms with Crippen LogP contribution in [0.3, 0.4) is 0 Å². The molecular formula is C20H20O3. The SMILES string of the molecule is C=C1CC2C=CC=CC3C(c4ccccc4)(C1)C(=O)OC23OC. The van der Waals surface area contributed by atoms with E-state index in [9.17, 15) is 4.79 Å². The monoisotopic (exact) mass is 308 g/mol. The Morgan fingerprint density at radius 2 is 1.96 bits per heavy atom. The molecule has 1 saturated carbocycles. The maximum atomic E-state index is 13.1. The minimum Gasteiger partial charge on any atom is -0.431 e. The van der Waals surface area contributed by atoms with Gasteiger partial charge in [0.05, 0.1) is 5.92 Å². The van der Waals surface area contributed by atoms with Gasteiger partial charge in [-0.2, -0.15) is 0 Å². The molecule has 0 aromatic heterocycles. The molecule has 4 atom stereocenters. The first-order chi connectivity index (χ1) is 11.1. The van der Waals surface area contributed by atoms with Gasteiger partial charge in [-0.15, -0.1) is 0 Å². The van der Waals surface area contributed by atoms with Crippen LogP contribution in [0.15, 0.2) is 66.8 Å². The Labute approximate surface area is 136 Å². The normalized spacial score (nSPS) is 38.1. The molecule has 23 heavy (non-hydrogen) atoms. The van der Waals surface area contributed by atoms with Crippen molar-refractivity contribution in [1.29, 1.82) is 0 Å². The van der Waals surface area contributed by atoms with Crippen LogP contribution >= 0.6 is 0 Å². The lowest BCUT2D eigenvalue weighted by molar-refractivity contribution is -0.228. The van der Waals surface area contributed by atoms with Crippen LogP contribution in [0.5, 0.6) is 0 Å². The van der Waals surface area contributed by atoms with Gasteiger partial charge in [0, 0.05) is 13.0 Å². The van der Waals surface area contributed by atoms with Crippen molar-refractivity contribution in [2.24, 2.45) is 11.8 Å². The van der Waals surface area contributed by atoms with Crippen LogP contribution < -0.4 is 0 Å². The highest BCUT2D eigenvalue weighted by Gasteiger charge is 2.69. The van der Waals surface area contributed by atoms with E-state index in [0.717, 1.165) is 17.6 Å². The highest BCUT2D eigenvalue weighted by Crippen LogP contribution is 2.59. The van der Waals surface area contributed by atoms with Crippen LogP contribution in [0.25, 0.3) is 0 Å². The largest absolute Gasteiger partial charge is 0.431 e. The smallest absolute Gasteiger partial charge is 0.320 e. The molecule has 1 saturated heterocycles. The van der Waals surface area contributed by atoms with E-state index in [2.05, 4.69) is 18.7 Å². The third-order valence-electron chi connectivity index (χ3n) is 5.50. The molecule has 0 N–H and O–H groups in total. The first-order valence-corrected chi connectivity index (χ1v) is 7.99. The van der Waals surface area contributed by atoms with Crippen LogP contribution in [0, 0.1) is 11.8 Å². The predicted molar refractivity (Wildman–Crippen MR) is 87.6 cm³/mol. The zero-order chi connectivity index (χ0) is 16.1. The van der Waals surface area contributed by atoms with E-state index in [1.807, 2.05) is 42.5 Å². The third kappa shape index (κ3) is 1.77. The van der Waals surface area contributed by atoms with Crippen molar-refractivity contribution < 1.29 is 14.3 Å². The van der Waals surface area contributed by atoms with Gasteiger partial charge in [-0.05, 0) is 18.4 Å². The molecule has 118 valence electrons. The second-order valence-electron chi connectivity index (χ2n) is 6.64.